The van der Waals surface area contributed by atoms with Gasteiger partial charge in [-0.1, -0.05) is 35.9 Å². The first-order chi connectivity index (χ1) is 16.3. The minimum atomic E-state index is -3.88. The molecule has 1 aromatic heterocycles. The molecule has 0 bridgehead atoms. The Morgan fingerprint density at radius 3 is 2.26 bits per heavy atom. The van der Waals surface area contributed by atoms with Crippen LogP contribution in [-0.2, 0) is 16.6 Å². The van der Waals surface area contributed by atoms with Gasteiger partial charge >= 0.3 is 0 Å². The Morgan fingerprint density at radius 2 is 1.59 bits per heavy atom. The molecule has 1 heterocycles. The number of aryl methyl sites for hydroxylation is 1. The zero-order chi connectivity index (χ0) is 24.1. The van der Waals surface area contributed by atoms with Crippen molar-refractivity contribution in [3.8, 4) is 0 Å². The van der Waals surface area contributed by atoms with Crippen molar-refractivity contribution in [2.45, 2.75) is 18.4 Å². The van der Waals surface area contributed by atoms with Gasteiger partial charge in [0.25, 0.3) is 15.9 Å². The molecule has 6 nitrogen and oxygen atoms in total. The molecular weight excluding hydrogens is 453 g/mol. The lowest BCUT2D eigenvalue weighted by molar-refractivity contribution is 0.0997. The molecule has 0 saturated heterocycles. The summed E-state index contributed by atoms with van der Waals surface area (Å²) in [7, 11) is -3.88. The van der Waals surface area contributed by atoms with E-state index in [1.165, 1.54) is 42.0 Å². The number of benzene rings is 3. The van der Waals surface area contributed by atoms with E-state index < -0.39 is 21.7 Å². The third-order valence-corrected chi connectivity index (χ3v) is 6.51. The van der Waals surface area contributed by atoms with Crippen LogP contribution in [-0.4, -0.2) is 18.9 Å². The first kappa shape index (κ1) is 23.1. The summed E-state index contributed by atoms with van der Waals surface area (Å²) in [5.41, 5.74) is 3.36. The van der Waals surface area contributed by atoms with E-state index in [4.69, 9.17) is 0 Å². The van der Waals surface area contributed by atoms with E-state index in [1.54, 1.807) is 6.07 Å². The van der Waals surface area contributed by atoms with Crippen LogP contribution in [0.5, 0.6) is 0 Å². The van der Waals surface area contributed by atoms with Gasteiger partial charge in [0.2, 0.25) is 0 Å². The number of sulfonamides is 1. The van der Waals surface area contributed by atoms with Gasteiger partial charge in [-0.05, 0) is 73.2 Å². The molecular formula is C26H22FN3O3S. The Kier molecular flexibility index (Phi) is 6.70. The average Bonchev–Trinajstić information content (AvgIpc) is 2.82. The van der Waals surface area contributed by atoms with Crippen LogP contribution >= 0.6 is 0 Å². The van der Waals surface area contributed by atoms with E-state index in [0.717, 1.165) is 17.7 Å². The minimum Gasteiger partial charge on any atom is -0.328 e. The topological polar surface area (TPSA) is 80.5 Å². The summed E-state index contributed by atoms with van der Waals surface area (Å²) in [5, 5.41) is 0. The molecule has 0 aliphatic rings. The Bertz CT molecular complexity index is 1480. The SMILES string of the molecule is Cc1ccc(Cn2ccccc2=NC(=O)c2ccc(NS(=O)(=O)c3ccc(F)cc3)cc2)cc1. The maximum atomic E-state index is 13.1. The van der Waals surface area contributed by atoms with Crippen LogP contribution in [0.25, 0.3) is 0 Å². The summed E-state index contributed by atoms with van der Waals surface area (Å²) in [6.07, 6.45) is 1.86. The fraction of sp³-hybridized carbons (Fsp3) is 0.0769. The lowest BCUT2D eigenvalue weighted by Gasteiger charge is -2.09. The third-order valence-electron chi connectivity index (χ3n) is 5.11. The van der Waals surface area contributed by atoms with Crippen molar-refractivity contribution >= 4 is 21.6 Å². The highest BCUT2D eigenvalue weighted by Crippen LogP contribution is 2.17. The van der Waals surface area contributed by atoms with Crippen LogP contribution in [0.2, 0.25) is 0 Å². The van der Waals surface area contributed by atoms with E-state index in [9.17, 15) is 17.6 Å². The number of halogens is 1. The minimum absolute atomic E-state index is 0.0636. The highest BCUT2D eigenvalue weighted by molar-refractivity contribution is 7.92. The Balaban J connectivity index is 1.52. The fourth-order valence-electron chi connectivity index (χ4n) is 3.27. The smallest absolute Gasteiger partial charge is 0.278 e. The first-order valence-corrected chi connectivity index (χ1v) is 12.0. The highest BCUT2D eigenvalue weighted by Gasteiger charge is 2.14. The Morgan fingerprint density at radius 1 is 0.912 bits per heavy atom. The molecule has 1 N–H and O–H groups in total. The molecule has 8 heteroatoms. The van der Waals surface area contributed by atoms with Crippen LogP contribution in [0.3, 0.4) is 0 Å². The molecule has 172 valence electrons. The number of hydrogen-bond donors (Lipinski definition) is 1. The maximum Gasteiger partial charge on any atom is 0.278 e. The van der Waals surface area contributed by atoms with Crippen molar-refractivity contribution in [2.75, 3.05) is 4.72 Å². The van der Waals surface area contributed by atoms with E-state index in [1.807, 2.05) is 54.1 Å². The van der Waals surface area contributed by atoms with Crippen LogP contribution in [0, 0.1) is 12.7 Å². The van der Waals surface area contributed by atoms with E-state index >= 15 is 0 Å². The molecule has 0 atom stereocenters. The second-order valence-corrected chi connectivity index (χ2v) is 9.41. The standard InChI is InChI=1S/C26H22FN3O3S/c1-19-5-7-20(8-6-19)18-30-17-3-2-4-25(30)28-26(31)21-9-13-23(14-10-21)29-34(32,33)24-15-11-22(27)12-16-24/h2-17,29H,18H2,1H3. The van der Waals surface area contributed by atoms with Gasteiger partial charge in [0.1, 0.15) is 11.3 Å². The molecule has 0 fully saturated rings. The van der Waals surface area contributed by atoms with Crippen molar-refractivity contribution < 1.29 is 17.6 Å². The van der Waals surface area contributed by atoms with Crippen molar-refractivity contribution in [1.29, 1.82) is 0 Å². The van der Waals surface area contributed by atoms with Crippen LogP contribution < -0.4 is 10.2 Å². The van der Waals surface area contributed by atoms with E-state index in [2.05, 4.69) is 9.71 Å². The second kappa shape index (κ2) is 9.84. The Labute approximate surface area is 197 Å². The van der Waals surface area contributed by atoms with Crippen LogP contribution in [0.1, 0.15) is 21.5 Å². The number of rotatable bonds is 6. The number of aromatic nitrogens is 1. The summed E-state index contributed by atoms with van der Waals surface area (Å²) < 4.78 is 42.3. The summed E-state index contributed by atoms with van der Waals surface area (Å²) in [5.74, 6) is -0.971. The first-order valence-electron chi connectivity index (χ1n) is 10.5. The van der Waals surface area contributed by atoms with Gasteiger partial charge in [-0.15, -0.1) is 0 Å². The molecule has 0 saturated carbocycles. The van der Waals surface area contributed by atoms with Crippen molar-refractivity contribution in [2.24, 2.45) is 4.99 Å². The highest BCUT2D eigenvalue weighted by atomic mass is 32.2. The zero-order valence-electron chi connectivity index (χ0n) is 18.4. The predicted octanol–water partition coefficient (Wildman–Crippen LogP) is 4.53. The van der Waals surface area contributed by atoms with Gasteiger partial charge in [-0.2, -0.15) is 4.99 Å². The molecule has 0 aliphatic carbocycles. The summed E-state index contributed by atoms with van der Waals surface area (Å²) in [4.78, 5) is 16.9. The van der Waals surface area contributed by atoms with E-state index in [-0.39, 0.29) is 10.6 Å². The molecule has 1 amide bonds. The summed E-state index contributed by atoms with van der Waals surface area (Å²) in [6, 6.07) is 24.1. The lowest BCUT2D eigenvalue weighted by Crippen LogP contribution is -2.22. The van der Waals surface area contributed by atoms with Gasteiger partial charge in [-0.3, -0.25) is 9.52 Å². The molecule has 4 aromatic rings. The number of hydrogen-bond acceptors (Lipinski definition) is 3. The number of carbonyl (C=O) groups excluding carboxylic acids is 1. The summed E-state index contributed by atoms with van der Waals surface area (Å²) >= 11 is 0. The van der Waals surface area contributed by atoms with Gasteiger partial charge in [0.05, 0.1) is 4.90 Å². The molecule has 4 rings (SSSR count). The van der Waals surface area contributed by atoms with Crippen molar-refractivity contribution in [3.05, 3.63) is 125 Å². The molecule has 0 radical (unpaired) electrons. The van der Waals surface area contributed by atoms with Gasteiger partial charge < -0.3 is 4.57 Å². The zero-order valence-corrected chi connectivity index (χ0v) is 19.2. The summed E-state index contributed by atoms with van der Waals surface area (Å²) in [6.45, 7) is 2.59. The number of pyridine rings is 1. The molecule has 0 spiro atoms. The number of nitrogens with one attached hydrogen (secondary N) is 1. The fourth-order valence-corrected chi connectivity index (χ4v) is 4.33. The van der Waals surface area contributed by atoms with Gasteiger partial charge in [0, 0.05) is 24.0 Å². The van der Waals surface area contributed by atoms with E-state index in [0.29, 0.717) is 17.6 Å². The Hall–Kier alpha value is -4.04. The molecule has 0 aliphatic heterocycles. The molecule has 0 unspecified atom stereocenters. The maximum absolute atomic E-state index is 13.1. The lowest BCUT2D eigenvalue weighted by atomic mass is 10.1. The monoisotopic (exact) mass is 475 g/mol. The van der Waals surface area contributed by atoms with Gasteiger partial charge in [-0.25, -0.2) is 12.8 Å². The largest absolute Gasteiger partial charge is 0.328 e. The predicted molar refractivity (Wildman–Crippen MR) is 128 cm³/mol. The normalized spacial score (nSPS) is 11.9. The number of nitrogens with zero attached hydrogens (tertiary/aromatic N) is 2. The van der Waals surface area contributed by atoms with Crippen molar-refractivity contribution in [1.82, 2.24) is 4.57 Å². The molecule has 3 aromatic carbocycles. The van der Waals surface area contributed by atoms with Gasteiger partial charge in [0.15, 0.2) is 0 Å². The number of amides is 1. The number of anilines is 1. The second-order valence-electron chi connectivity index (χ2n) is 7.73. The van der Waals surface area contributed by atoms with Crippen LogP contribution in [0.15, 0.2) is 107 Å². The third kappa shape index (κ3) is 5.65. The molecule has 34 heavy (non-hydrogen) atoms. The number of carbonyl (C=O) groups is 1. The van der Waals surface area contributed by atoms with Crippen molar-refractivity contribution in [3.63, 3.8) is 0 Å². The average molecular weight is 476 g/mol. The van der Waals surface area contributed by atoms with Crippen LogP contribution in [0.4, 0.5) is 10.1 Å². The quantitative estimate of drug-likeness (QED) is 0.445.